The molecule has 1 aromatic carbocycles. The summed E-state index contributed by atoms with van der Waals surface area (Å²) >= 11 is 0. The van der Waals surface area contributed by atoms with Crippen molar-refractivity contribution in [3.63, 3.8) is 0 Å². The number of nitrogens with one attached hydrogen (secondary N) is 1. The maximum absolute atomic E-state index is 12.5. The molecule has 0 radical (unpaired) electrons. The van der Waals surface area contributed by atoms with Crippen LogP contribution in [0.15, 0.2) is 29.1 Å². The van der Waals surface area contributed by atoms with Crippen molar-refractivity contribution < 1.29 is 14.6 Å². The monoisotopic (exact) mass is 359 g/mol. The van der Waals surface area contributed by atoms with Crippen molar-refractivity contribution in [2.75, 3.05) is 6.61 Å². The van der Waals surface area contributed by atoms with Crippen LogP contribution in [-0.2, 0) is 19.0 Å². The van der Waals surface area contributed by atoms with E-state index in [0.29, 0.717) is 18.2 Å². The van der Waals surface area contributed by atoms with Gasteiger partial charge in [-0.3, -0.25) is 14.2 Å². The molecule has 1 amide bonds. The Morgan fingerprint density at radius 3 is 2.58 bits per heavy atom. The summed E-state index contributed by atoms with van der Waals surface area (Å²) in [7, 11) is 1.52. The summed E-state index contributed by atoms with van der Waals surface area (Å²) in [5.41, 5.74) is -0.586. The Morgan fingerprint density at radius 1 is 1.31 bits per heavy atom. The van der Waals surface area contributed by atoms with Crippen LogP contribution in [0.2, 0.25) is 0 Å². The second-order valence-corrected chi connectivity index (χ2v) is 6.97. The van der Waals surface area contributed by atoms with Gasteiger partial charge in [0.15, 0.2) is 5.69 Å². The van der Waals surface area contributed by atoms with E-state index in [4.69, 9.17) is 4.74 Å². The minimum Gasteiger partial charge on any atom is -0.501 e. The van der Waals surface area contributed by atoms with Gasteiger partial charge < -0.3 is 15.2 Å². The fourth-order valence-electron chi connectivity index (χ4n) is 2.62. The number of aromatic hydroxyl groups is 1. The van der Waals surface area contributed by atoms with Crippen molar-refractivity contribution in [3.8, 4) is 11.5 Å². The van der Waals surface area contributed by atoms with E-state index in [1.165, 1.54) is 11.6 Å². The fourth-order valence-corrected chi connectivity index (χ4v) is 2.62. The molecule has 0 bridgehead atoms. The molecule has 0 aliphatic heterocycles. The number of rotatable bonds is 5. The maximum Gasteiger partial charge on any atom is 0.296 e. The lowest BCUT2D eigenvalue weighted by molar-refractivity contribution is 0.0941. The molecular formula is C19H25N3O4. The number of hydrogen-bond donors (Lipinski definition) is 2. The summed E-state index contributed by atoms with van der Waals surface area (Å²) in [5.74, 6) is -0.180. The van der Waals surface area contributed by atoms with Gasteiger partial charge in [0, 0.05) is 24.6 Å². The molecule has 0 saturated carbocycles. The van der Waals surface area contributed by atoms with Crippen LogP contribution in [0.4, 0.5) is 0 Å². The lowest BCUT2D eigenvalue weighted by Crippen LogP contribution is -2.34. The van der Waals surface area contributed by atoms with Gasteiger partial charge in [-0.25, -0.2) is 4.98 Å². The van der Waals surface area contributed by atoms with Crippen molar-refractivity contribution in [1.82, 2.24) is 14.9 Å². The summed E-state index contributed by atoms with van der Waals surface area (Å²) < 4.78 is 6.79. The van der Waals surface area contributed by atoms with Crippen LogP contribution in [0.25, 0.3) is 0 Å². The van der Waals surface area contributed by atoms with Crippen LogP contribution in [-0.4, -0.2) is 27.2 Å². The summed E-state index contributed by atoms with van der Waals surface area (Å²) in [6, 6.07) is 7.34. The zero-order chi connectivity index (χ0) is 19.5. The second kappa shape index (κ2) is 7.59. The highest BCUT2D eigenvalue weighted by Gasteiger charge is 2.26. The lowest BCUT2D eigenvalue weighted by atomic mass is 9.95. The van der Waals surface area contributed by atoms with Crippen LogP contribution < -0.4 is 15.6 Å². The van der Waals surface area contributed by atoms with Crippen LogP contribution in [0, 0.1) is 0 Å². The molecule has 0 saturated heterocycles. The van der Waals surface area contributed by atoms with Gasteiger partial charge in [0.05, 0.1) is 6.61 Å². The first-order valence-corrected chi connectivity index (χ1v) is 8.46. The summed E-state index contributed by atoms with van der Waals surface area (Å²) in [4.78, 5) is 29.0. The van der Waals surface area contributed by atoms with Gasteiger partial charge in [-0.15, -0.1) is 0 Å². The number of nitrogens with zero attached hydrogens (tertiary/aromatic N) is 2. The van der Waals surface area contributed by atoms with Crippen LogP contribution in [0.1, 0.15) is 49.6 Å². The predicted molar refractivity (Wildman–Crippen MR) is 98.6 cm³/mol. The molecule has 2 N–H and O–H groups in total. The predicted octanol–water partition coefficient (Wildman–Crippen LogP) is 2.11. The van der Waals surface area contributed by atoms with E-state index < -0.39 is 22.6 Å². The molecule has 0 spiro atoms. The Labute approximate surface area is 152 Å². The van der Waals surface area contributed by atoms with Crippen LogP contribution in [0.3, 0.4) is 0 Å². The third-order valence-corrected chi connectivity index (χ3v) is 3.86. The molecule has 7 nitrogen and oxygen atoms in total. The van der Waals surface area contributed by atoms with Gasteiger partial charge in [0.25, 0.3) is 11.5 Å². The standard InChI is InChI=1S/C19H25N3O4/c1-6-26-13-10-8-7-9-12(13)11-20-16(24)14-15(23)17(25)22(5)18(21-14)19(2,3)4/h7-10,23H,6,11H2,1-5H3,(H,20,24). The first-order valence-electron chi connectivity index (χ1n) is 8.46. The van der Waals surface area contributed by atoms with E-state index in [2.05, 4.69) is 10.3 Å². The largest absolute Gasteiger partial charge is 0.501 e. The van der Waals surface area contributed by atoms with Gasteiger partial charge in [-0.05, 0) is 13.0 Å². The lowest BCUT2D eigenvalue weighted by Gasteiger charge is -2.21. The van der Waals surface area contributed by atoms with E-state index in [9.17, 15) is 14.7 Å². The minimum absolute atomic E-state index is 0.191. The highest BCUT2D eigenvalue weighted by Crippen LogP contribution is 2.22. The molecule has 7 heteroatoms. The molecule has 0 aliphatic carbocycles. The Bertz CT molecular complexity index is 866. The zero-order valence-electron chi connectivity index (χ0n) is 15.8. The fraction of sp³-hybridized carbons (Fsp3) is 0.421. The second-order valence-electron chi connectivity index (χ2n) is 6.97. The van der Waals surface area contributed by atoms with E-state index in [1.54, 1.807) is 0 Å². The van der Waals surface area contributed by atoms with Gasteiger partial charge >= 0.3 is 0 Å². The number of amides is 1. The Kier molecular flexibility index (Phi) is 5.69. The number of carbonyl (C=O) groups excluding carboxylic acids is 1. The average Bonchev–Trinajstić information content (AvgIpc) is 2.58. The summed E-state index contributed by atoms with van der Waals surface area (Å²) in [6.07, 6.45) is 0. The number of hydrogen-bond acceptors (Lipinski definition) is 5. The Morgan fingerprint density at radius 2 is 1.96 bits per heavy atom. The smallest absolute Gasteiger partial charge is 0.296 e. The molecule has 1 heterocycles. The van der Waals surface area contributed by atoms with Crippen LogP contribution >= 0.6 is 0 Å². The van der Waals surface area contributed by atoms with Crippen molar-refractivity contribution in [1.29, 1.82) is 0 Å². The topological polar surface area (TPSA) is 93.5 Å². The number of carbonyl (C=O) groups is 1. The van der Waals surface area contributed by atoms with E-state index in [-0.39, 0.29) is 12.2 Å². The molecule has 26 heavy (non-hydrogen) atoms. The van der Waals surface area contributed by atoms with Crippen molar-refractivity contribution >= 4 is 5.91 Å². The highest BCUT2D eigenvalue weighted by atomic mass is 16.5. The highest BCUT2D eigenvalue weighted by molar-refractivity contribution is 5.94. The average molecular weight is 359 g/mol. The minimum atomic E-state index is -0.656. The number of para-hydroxylation sites is 1. The van der Waals surface area contributed by atoms with E-state index in [0.717, 1.165) is 5.56 Å². The third-order valence-electron chi connectivity index (χ3n) is 3.86. The van der Waals surface area contributed by atoms with E-state index >= 15 is 0 Å². The van der Waals surface area contributed by atoms with Gasteiger partial charge in [0.1, 0.15) is 11.6 Å². The molecule has 1 aromatic heterocycles. The van der Waals surface area contributed by atoms with E-state index in [1.807, 2.05) is 52.0 Å². The molecule has 140 valence electrons. The molecule has 2 aromatic rings. The summed E-state index contributed by atoms with van der Waals surface area (Å²) in [6.45, 7) is 8.22. The zero-order valence-corrected chi connectivity index (χ0v) is 15.8. The SMILES string of the molecule is CCOc1ccccc1CNC(=O)c1nc(C(C)(C)C)n(C)c(=O)c1O. The number of benzene rings is 1. The van der Waals surface area contributed by atoms with Crippen molar-refractivity contribution in [3.05, 3.63) is 51.7 Å². The van der Waals surface area contributed by atoms with Gasteiger partial charge in [-0.1, -0.05) is 39.0 Å². The molecular weight excluding hydrogens is 334 g/mol. The molecule has 0 fully saturated rings. The number of aromatic nitrogens is 2. The molecule has 0 aliphatic rings. The molecule has 0 unspecified atom stereocenters. The molecule has 0 atom stereocenters. The first kappa shape index (κ1) is 19.5. The van der Waals surface area contributed by atoms with Crippen molar-refractivity contribution in [2.45, 2.75) is 39.7 Å². The number of ether oxygens (including phenoxy) is 1. The van der Waals surface area contributed by atoms with Crippen LogP contribution in [0.5, 0.6) is 11.5 Å². The third kappa shape index (κ3) is 4.04. The first-order chi connectivity index (χ1) is 12.2. The Hall–Kier alpha value is -2.83. The maximum atomic E-state index is 12.5. The van der Waals surface area contributed by atoms with Crippen molar-refractivity contribution in [2.24, 2.45) is 7.05 Å². The van der Waals surface area contributed by atoms with Gasteiger partial charge in [-0.2, -0.15) is 0 Å². The van der Waals surface area contributed by atoms with Gasteiger partial charge in [0.2, 0.25) is 5.75 Å². The quantitative estimate of drug-likeness (QED) is 0.853. The normalized spacial score (nSPS) is 11.3. The Balaban J connectivity index is 2.31. The molecule has 2 rings (SSSR count). The summed E-state index contributed by atoms with van der Waals surface area (Å²) in [5, 5.41) is 12.8.